The zero-order valence-corrected chi connectivity index (χ0v) is 15.6. The van der Waals surface area contributed by atoms with E-state index in [4.69, 9.17) is 9.39 Å². The molecule has 3 N–H and O–H groups in total. The Hall–Kier alpha value is -1.12. The smallest absolute Gasteiger partial charge is 0.311 e. The molecule has 3 aliphatic rings. The van der Waals surface area contributed by atoms with E-state index in [-0.39, 0.29) is 12.6 Å². The molecule has 3 aliphatic heterocycles. The van der Waals surface area contributed by atoms with E-state index in [1.807, 2.05) is 0 Å². The van der Waals surface area contributed by atoms with E-state index >= 15 is 0 Å². The Balaban J connectivity index is 1.49. The molecule has 0 aromatic rings. The number of hydroxylamine groups is 3. The number of piperidine rings is 1. The lowest BCUT2D eigenvalue weighted by Crippen LogP contribution is -2.50. The van der Waals surface area contributed by atoms with Gasteiger partial charge in [-0.15, -0.1) is 4.28 Å². The van der Waals surface area contributed by atoms with Crippen molar-refractivity contribution in [2.45, 2.75) is 37.4 Å². The largest absolute Gasteiger partial charge is 0.418 e. The highest BCUT2D eigenvalue weighted by molar-refractivity contribution is 7.80. The molecule has 3 fully saturated rings. The molecule has 2 bridgehead atoms. The predicted molar refractivity (Wildman–Crippen MR) is 91.2 cm³/mol. The summed E-state index contributed by atoms with van der Waals surface area (Å²) in [6, 6.07) is -1.96. The fourth-order valence-electron chi connectivity index (χ4n) is 3.55. The molecule has 0 aromatic heterocycles. The molecule has 3 rings (SSSR count). The number of nitrogens with zero attached hydrogens (tertiary/aromatic N) is 2. The summed E-state index contributed by atoms with van der Waals surface area (Å²) in [6.45, 7) is 1.30. The second-order valence-corrected chi connectivity index (χ2v) is 8.05. The SMILES string of the molecule is O=C(NOC[C@H]1C[C@H](CS)CN1)C1CCC2CN1C(=O)N2OS(=O)(=O)O. The zero-order chi connectivity index (χ0) is 18.9. The summed E-state index contributed by atoms with van der Waals surface area (Å²) in [6.07, 6.45) is 1.61. The number of fused-ring (bicyclic) bond motifs is 2. The monoisotopic (exact) mass is 410 g/mol. The van der Waals surface area contributed by atoms with E-state index in [1.54, 1.807) is 0 Å². The van der Waals surface area contributed by atoms with Crippen molar-refractivity contribution < 1.29 is 31.7 Å². The number of nitrogens with one attached hydrogen (secondary N) is 2. The van der Waals surface area contributed by atoms with Gasteiger partial charge in [0, 0.05) is 12.6 Å². The molecule has 13 heteroatoms. The van der Waals surface area contributed by atoms with Gasteiger partial charge in [-0.05, 0) is 37.5 Å². The maximum Gasteiger partial charge on any atom is 0.418 e. The molecule has 26 heavy (non-hydrogen) atoms. The standard InChI is InChI=1S/C13H22N4O7S2/c18-12(15-23-6-9-3-8(7-25)4-14-9)11-2-1-10-5-16(11)13(19)17(10)24-26(20,21)22/h8-11,14,25H,1-7H2,(H,15,18)(H,20,21,22)/t8-,9+,10?,11?/m0/s1. The first-order valence-corrected chi connectivity index (χ1v) is 10.3. The molecule has 2 unspecified atom stereocenters. The first-order valence-electron chi connectivity index (χ1n) is 8.31. The quantitative estimate of drug-likeness (QED) is 0.237. The third-order valence-corrected chi connectivity index (χ3v) is 5.69. The van der Waals surface area contributed by atoms with Crippen LogP contribution in [0.15, 0.2) is 0 Å². The Labute approximate surface area is 156 Å². The molecule has 0 spiro atoms. The van der Waals surface area contributed by atoms with Crippen molar-refractivity contribution in [2.24, 2.45) is 5.92 Å². The third-order valence-electron chi connectivity index (χ3n) is 4.83. The number of carbonyl (C=O) groups excluding carboxylic acids is 2. The maximum absolute atomic E-state index is 12.3. The average molecular weight is 410 g/mol. The van der Waals surface area contributed by atoms with Crippen molar-refractivity contribution in [1.82, 2.24) is 20.8 Å². The molecule has 0 radical (unpaired) electrons. The fraction of sp³-hybridized carbons (Fsp3) is 0.846. The highest BCUT2D eigenvalue weighted by Crippen LogP contribution is 2.30. The average Bonchev–Trinajstić information content (AvgIpc) is 3.13. The second kappa shape index (κ2) is 7.86. The molecular weight excluding hydrogens is 388 g/mol. The van der Waals surface area contributed by atoms with Crippen LogP contribution in [0.5, 0.6) is 0 Å². The summed E-state index contributed by atoms with van der Waals surface area (Å²) >= 11 is 4.26. The van der Waals surface area contributed by atoms with Crippen molar-refractivity contribution in [3.63, 3.8) is 0 Å². The minimum Gasteiger partial charge on any atom is -0.311 e. The fourth-order valence-corrected chi connectivity index (χ4v) is 4.22. The van der Waals surface area contributed by atoms with E-state index < -0.39 is 34.4 Å². The van der Waals surface area contributed by atoms with Crippen LogP contribution in [0.3, 0.4) is 0 Å². The van der Waals surface area contributed by atoms with Crippen molar-refractivity contribution in [1.29, 1.82) is 0 Å². The number of hydrogen-bond acceptors (Lipinski definition) is 8. The van der Waals surface area contributed by atoms with Crippen molar-refractivity contribution in [2.75, 3.05) is 25.4 Å². The first-order chi connectivity index (χ1) is 12.3. The van der Waals surface area contributed by atoms with Crippen molar-refractivity contribution >= 4 is 35.0 Å². The highest BCUT2D eigenvalue weighted by atomic mass is 32.3. The number of urea groups is 1. The summed E-state index contributed by atoms with van der Waals surface area (Å²) < 4.78 is 34.8. The minimum atomic E-state index is -4.81. The van der Waals surface area contributed by atoms with Crippen LogP contribution < -0.4 is 10.8 Å². The lowest BCUT2D eigenvalue weighted by atomic mass is 10.0. The Morgan fingerprint density at radius 3 is 2.85 bits per heavy atom. The van der Waals surface area contributed by atoms with E-state index in [9.17, 15) is 18.0 Å². The van der Waals surface area contributed by atoms with Crippen LogP contribution in [-0.4, -0.2) is 78.4 Å². The number of rotatable bonds is 7. The van der Waals surface area contributed by atoms with Crippen LogP contribution in [0.4, 0.5) is 4.79 Å². The number of thiol groups is 1. The van der Waals surface area contributed by atoms with Crippen molar-refractivity contribution in [3.8, 4) is 0 Å². The Bertz CT molecular complexity index is 661. The van der Waals surface area contributed by atoms with Gasteiger partial charge in [-0.25, -0.2) is 10.3 Å². The summed E-state index contributed by atoms with van der Waals surface area (Å²) in [5.41, 5.74) is 2.36. The molecule has 0 saturated carbocycles. The van der Waals surface area contributed by atoms with Gasteiger partial charge >= 0.3 is 16.4 Å². The molecule has 11 nitrogen and oxygen atoms in total. The highest BCUT2D eigenvalue weighted by Gasteiger charge is 2.49. The van der Waals surface area contributed by atoms with Crippen LogP contribution in [-0.2, 0) is 24.3 Å². The van der Waals surface area contributed by atoms with E-state index in [1.165, 1.54) is 4.90 Å². The van der Waals surface area contributed by atoms with Crippen LogP contribution in [0.2, 0.25) is 0 Å². The van der Waals surface area contributed by atoms with Gasteiger partial charge in [0.05, 0.1) is 12.6 Å². The molecule has 0 aliphatic carbocycles. The summed E-state index contributed by atoms with van der Waals surface area (Å²) in [5, 5.41) is 3.88. The molecule has 3 heterocycles. The Morgan fingerprint density at radius 2 is 2.19 bits per heavy atom. The molecule has 0 aromatic carbocycles. The van der Waals surface area contributed by atoms with Gasteiger partial charge in [-0.2, -0.15) is 26.1 Å². The molecule has 148 valence electrons. The van der Waals surface area contributed by atoms with Crippen LogP contribution in [0, 0.1) is 5.92 Å². The van der Waals surface area contributed by atoms with Crippen LogP contribution in [0.25, 0.3) is 0 Å². The third kappa shape index (κ3) is 4.40. The lowest BCUT2D eigenvalue weighted by molar-refractivity contribution is -0.139. The minimum absolute atomic E-state index is 0.134. The molecule has 3 amide bonds. The van der Waals surface area contributed by atoms with Crippen LogP contribution in [0.1, 0.15) is 19.3 Å². The maximum atomic E-state index is 12.3. The summed E-state index contributed by atoms with van der Waals surface area (Å²) in [4.78, 5) is 31.1. The molecule has 3 saturated heterocycles. The van der Waals surface area contributed by atoms with Gasteiger partial charge < -0.3 is 10.2 Å². The van der Waals surface area contributed by atoms with Crippen molar-refractivity contribution in [3.05, 3.63) is 0 Å². The van der Waals surface area contributed by atoms with Gasteiger partial charge in [0.1, 0.15) is 6.04 Å². The Morgan fingerprint density at radius 1 is 1.42 bits per heavy atom. The van der Waals surface area contributed by atoms with E-state index in [0.29, 0.717) is 30.4 Å². The van der Waals surface area contributed by atoms with Gasteiger partial charge in [0.25, 0.3) is 5.91 Å². The van der Waals surface area contributed by atoms with E-state index in [0.717, 1.165) is 18.7 Å². The summed E-state index contributed by atoms with van der Waals surface area (Å²) in [7, 11) is -4.81. The second-order valence-electron chi connectivity index (χ2n) is 6.68. The number of hydrogen-bond donors (Lipinski definition) is 4. The van der Waals surface area contributed by atoms with Gasteiger partial charge in [0.15, 0.2) is 0 Å². The van der Waals surface area contributed by atoms with Crippen LogP contribution >= 0.6 is 12.6 Å². The first kappa shape index (κ1) is 19.6. The Kier molecular flexibility index (Phi) is 5.94. The zero-order valence-electron chi connectivity index (χ0n) is 13.9. The molecule has 4 atom stereocenters. The normalized spacial score (nSPS) is 31.5. The lowest BCUT2D eigenvalue weighted by Gasteiger charge is -2.29. The van der Waals surface area contributed by atoms with Gasteiger partial charge in [-0.3, -0.25) is 14.2 Å². The number of amides is 3. The van der Waals surface area contributed by atoms with Gasteiger partial charge in [0.2, 0.25) is 0 Å². The van der Waals surface area contributed by atoms with Gasteiger partial charge in [-0.1, -0.05) is 0 Å². The molecular formula is C13H22N4O7S2. The van der Waals surface area contributed by atoms with E-state index in [2.05, 4.69) is 27.7 Å². The topological polar surface area (TPSA) is 138 Å². The summed E-state index contributed by atoms with van der Waals surface area (Å²) in [5.74, 6) is 0.793. The predicted octanol–water partition coefficient (Wildman–Crippen LogP) is -1.05. The number of carbonyl (C=O) groups is 2.